The Labute approximate surface area is 122 Å². The molecule has 1 aliphatic heterocycles. The summed E-state index contributed by atoms with van der Waals surface area (Å²) in [5.41, 5.74) is 1.64. The van der Waals surface area contributed by atoms with Crippen molar-refractivity contribution < 1.29 is 14.3 Å². The van der Waals surface area contributed by atoms with E-state index in [1.807, 2.05) is 13.0 Å². The van der Waals surface area contributed by atoms with Gasteiger partial charge in [0.15, 0.2) is 0 Å². The Bertz CT molecular complexity index is 519. The number of nitrogens with zero attached hydrogens (tertiary/aromatic N) is 1. The van der Waals surface area contributed by atoms with E-state index in [0.717, 1.165) is 12.0 Å². The first kappa shape index (κ1) is 14.7. The molecule has 0 saturated carbocycles. The number of cyclic esters (lactones) is 1. The lowest BCUT2D eigenvalue weighted by atomic mass is 10.2. The lowest BCUT2D eigenvalue weighted by molar-refractivity contribution is -0.116. The molecular formula is C14H17ClN2O3. The molecule has 2 rings (SSSR count). The highest BCUT2D eigenvalue weighted by molar-refractivity contribution is 6.31. The molecule has 0 bridgehead atoms. The summed E-state index contributed by atoms with van der Waals surface area (Å²) in [7, 11) is 0. The van der Waals surface area contributed by atoms with Crippen LogP contribution >= 0.6 is 11.6 Å². The standard InChI is InChI=1S/C14H17ClN2O3/c1-10-3-4-11(15)9-12(10)16-13(18)5-7-17-6-2-8-20-14(17)19/h3-4,9H,2,5-8H2,1H3,(H,16,18). The van der Waals surface area contributed by atoms with E-state index in [4.69, 9.17) is 16.3 Å². The Balaban J connectivity index is 1.86. The van der Waals surface area contributed by atoms with E-state index < -0.39 is 0 Å². The van der Waals surface area contributed by atoms with Crippen LogP contribution in [0.2, 0.25) is 5.02 Å². The predicted octanol–water partition coefficient (Wildman–Crippen LogP) is 2.82. The third-order valence-electron chi connectivity index (χ3n) is 3.14. The van der Waals surface area contributed by atoms with Gasteiger partial charge in [-0.25, -0.2) is 4.79 Å². The van der Waals surface area contributed by atoms with E-state index in [1.165, 1.54) is 0 Å². The minimum atomic E-state index is -0.344. The van der Waals surface area contributed by atoms with Crippen LogP contribution in [0.5, 0.6) is 0 Å². The number of rotatable bonds is 4. The zero-order valence-electron chi connectivity index (χ0n) is 11.3. The van der Waals surface area contributed by atoms with Gasteiger partial charge < -0.3 is 15.0 Å². The number of carbonyl (C=O) groups is 2. The van der Waals surface area contributed by atoms with Gasteiger partial charge in [0, 0.05) is 30.2 Å². The van der Waals surface area contributed by atoms with Crippen molar-refractivity contribution in [1.29, 1.82) is 0 Å². The maximum atomic E-state index is 11.9. The largest absolute Gasteiger partial charge is 0.449 e. The Kier molecular flexibility index (Phi) is 4.84. The molecule has 108 valence electrons. The second kappa shape index (κ2) is 6.61. The molecule has 1 heterocycles. The summed E-state index contributed by atoms with van der Waals surface area (Å²) in [4.78, 5) is 24.9. The highest BCUT2D eigenvalue weighted by Crippen LogP contribution is 2.20. The monoisotopic (exact) mass is 296 g/mol. The van der Waals surface area contributed by atoms with Crippen LogP contribution in [0.4, 0.5) is 10.5 Å². The molecule has 0 aromatic heterocycles. The van der Waals surface area contributed by atoms with Crippen molar-refractivity contribution in [1.82, 2.24) is 4.90 Å². The smallest absolute Gasteiger partial charge is 0.409 e. The summed E-state index contributed by atoms with van der Waals surface area (Å²) in [5.74, 6) is -0.145. The van der Waals surface area contributed by atoms with E-state index in [2.05, 4.69) is 5.32 Å². The number of aryl methyl sites for hydroxylation is 1. The fraction of sp³-hybridized carbons (Fsp3) is 0.429. The molecule has 0 unspecified atom stereocenters. The first-order valence-electron chi connectivity index (χ1n) is 6.54. The van der Waals surface area contributed by atoms with Crippen molar-refractivity contribution in [3.63, 3.8) is 0 Å². The molecular weight excluding hydrogens is 280 g/mol. The van der Waals surface area contributed by atoms with Crippen molar-refractivity contribution in [3.05, 3.63) is 28.8 Å². The topological polar surface area (TPSA) is 58.6 Å². The number of nitrogens with one attached hydrogen (secondary N) is 1. The fourth-order valence-electron chi connectivity index (χ4n) is 1.98. The molecule has 0 aliphatic carbocycles. The van der Waals surface area contributed by atoms with E-state index in [9.17, 15) is 9.59 Å². The molecule has 5 nitrogen and oxygen atoms in total. The zero-order valence-corrected chi connectivity index (χ0v) is 12.1. The summed E-state index contributed by atoms with van der Waals surface area (Å²) >= 11 is 5.90. The quantitative estimate of drug-likeness (QED) is 0.929. The summed E-state index contributed by atoms with van der Waals surface area (Å²) in [5, 5.41) is 3.38. The third kappa shape index (κ3) is 3.87. The molecule has 1 aromatic rings. The number of carbonyl (C=O) groups excluding carboxylic acids is 2. The van der Waals surface area contributed by atoms with Gasteiger partial charge >= 0.3 is 6.09 Å². The van der Waals surface area contributed by atoms with E-state index in [1.54, 1.807) is 17.0 Å². The lowest BCUT2D eigenvalue weighted by Crippen LogP contribution is -2.39. The summed E-state index contributed by atoms with van der Waals surface area (Å²) in [6.07, 6.45) is 0.699. The van der Waals surface area contributed by atoms with Crippen LogP contribution in [-0.4, -0.2) is 36.6 Å². The molecule has 1 aliphatic rings. The fourth-order valence-corrected chi connectivity index (χ4v) is 2.15. The second-order valence-corrected chi connectivity index (χ2v) is 5.15. The number of ether oxygens (including phenoxy) is 1. The highest BCUT2D eigenvalue weighted by atomic mass is 35.5. The number of halogens is 1. The zero-order chi connectivity index (χ0) is 14.5. The van der Waals surface area contributed by atoms with Gasteiger partial charge in [0.25, 0.3) is 0 Å². The summed E-state index contributed by atoms with van der Waals surface area (Å²) in [6.45, 7) is 3.36. The van der Waals surface area contributed by atoms with E-state index in [0.29, 0.717) is 30.4 Å². The molecule has 20 heavy (non-hydrogen) atoms. The van der Waals surface area contributed by atoms with Crippen molar-refractivity contribution in [2.75, 3.05) is 25.0 Å². The van der Waals surface area contributed by atoms with Crippen LogP contribution < -0.4 is 5.32 Å². The number of anilines is 1. The predicted molar refractivity (Wildman–Crippen MR) is 77.0 cm³/mol. The number of hydrogen-bond acceptors (Lipinski definition) is 3. The SMILES string of the molecule is Cc1ccc(Cl)cc1NC(=O)CCN1CCCOC1=O. The minimum absolute atomic E-state index is 0.145. The molecule has 2 amide bonds. The van der Waals surface area contributed by atoms with Crippen molar-refractivity contribution in [2.45, 2.75) is 19.8 Å². The van der Waals surface area contributed by atoms with Gasteiger partial charge in [-0.1, -0.05) is 17.7 Å². The van der Waals surface area contributed by atoms with Crippen LogP contribution in [0, 0.1) is 6.92 Å². The summed E-state index contributed by atoms with van der Waals surface area (Å²) < 4.78 is 4.91. The first-order valence-corrected chi connectivity index (χ1v) is 6.92. The van der Waals surface area contributed by atoms with Gasteiger partial charge in [0.05, 0.1) is 6.61 Å². The Hall–Kier alpha value is -1.75. The van der Waals surface area contributed by atoms with Crippen LogP contribution in [0.15, 0.2) is 18.2 Å². The van der Waals surface area contributed by atoms with Gasteiger partial charge in [-0.2, -0.15) is 0 Å². The van der Waals surface area contributed by atoms with E-state index >= 15 is 0 Å². The first-order chi connectivity index (χ1) is 9.56. The summed E-state index contributed by atoms with van der Waals surface area (Å²) in [6, 6.07) is 5.33. The average Bonchev–Trinajstić information content (AvgIpc) is 2.42. The molecule has 1 fully saturated rings. The van der Waals surface area contributed by atoms with Gasteiger partial charge in [-0.05, 0) is 31.0 Å². The average molecular weight is 297 g/mol. The Morgan fingerprint density at radius 3 is 3.05 bits per heavy atom. The Morgan fingerprint density at radius 1 is 1.50 bits per heavy atom. The van der Waals surface area contributed by atoms with Gasteiger partial charge in [-0.15, -0.1) is 0 Å². The molecule has 0 radical (unpaired) electrons. The third-order valence-corrected chi connectivity index (χ3v) is 3.37. The Morgan fingerprint density at radius 2 is 2.30 bits per heavy atom. The van der Waals surface area contributed by atoms with Crippen LogP contribution in [0.1, 0.15) is 18.4 Å². The molecule has 0 atom stereocenters. The molecule has 1 N–H and O–H groups in total. The molecule has 0 spiro atoms. The number of amides is 2. The van der Waals surface area contributed by atoms with Gasteiger partial charge in [-0.3, -0.25) is 4.79 Å². The highest BCUT2D eigenvalue weighted by Gasteiger charge is 2.20. The minimum Gasteiger partial charge on any atom is -0.449 e. The molecule has 6 heteroatoms. The maximum absolute atomic E-state index is 11.9. The second-order valence-electron chi connectivity index (χ2n) is 4.71. The normalized spacial score (nSPS) is 14.9. The molecule has 1 saturated heterocycles. The number of benzene rings is 1. The van der Waals surface area contributed by atoms with E-state index in [-0.39, 0.29) is 18.4 Å². The van der Waals surface area contributed by atoms with Crippen LogP contribution in [-0.2, 0) is 9.53 Å². The maximum Gasteiger partial charge on any atom is 0.409 e. The lowest BCUT2D eigenvalue weighted by Gasteiger charge is -2.25. The van der Waals surface area contributed by atoms with Crippen LogP contribution in [0.25, 0.3) is 0 Å². The van der Waals surface area contributed by atoms with Crippen molar-refractivity contribution in [2.24, 2.45) is 0 Å². The van der Waals surface area contributed by atoms with Gasteiger partial charge in [0.1, 0.15) is 0 Å². The van der Waals surface area contributed by atoms with Crippen molar-refractivity contribution in [3.8, 4) is 0 Å². The molecule has 1 aromatic carbocycles. The number of hydrogen-bond donors (Lipinski definition) is 1. The van der Waals surface area contributed by atoms with Crippen molar-refractivity contribution >= 4 is 29.3 Å². The van der Waals surface area contributed by atoms with Crippen LogP contribution in [0.3, 0.4) is 0 Å². The van der Waals surface area contributed by atoms with Gasteiger partial charge in [0.2, 0.25) is 5.91 Å².